The number of Topliss-reactive ketones (excluding diaryl/α,β-unsaturated/α-hetero) is 1. The van der Waals surface area contributed by atoms with Gasteiger partial charge in [0.25, 0.3) is 0 Å². The summed E-state index contributed by atoms with van der Waals surface area (Å²) < 4.78 is 22.6. The molecule has 17 heavy (non-hydrogen) atoms. The average molecular weight is 296 g/mol. The first-order valence-corrected chi connectivity index (χ1v) is 9.84. The minimum Gasteiger partial charge on any atom is -0.298 e. The van der Waals surface area contributed by atoms with Gasteiger partial charge in [0.05, 0.1) is 11.0 Å². The Kier molecular flexibility index (Phi) is 6.37. The van der Waals surface area contributed by atoms with Crippen LogP contribution in [0.3, 0.4) is 0 Å². The van der Waals surface area contributed by atoms with Crippen molar-refractivity contribution in [2.75, 3.05) is 23.0 Å². The predicted octanol–water partition coefficient (Wildman–Crippen LogP) is 2.01. The van der Waals surface area contributed by atoms with Gasteiger partial charge in [-0.1, -0.05) is 13.8 Å². The van der Waals surface area contributed by atoms with Crippen LogP contribution in [0.15, 0.2) is 0 Å². The van der Waals surface area contributed by atoms with Crippen molar-refractivity contribution >= 4 is 39.1 Å². The summed E-state index contributed by atoms with van der Waals surface area (Å²) in [6, 6.07) is 0. The van der Waals surface area contributed by atoms with Crippen molar-refractivity contribution in [3.05, 3.63) is 0 Å². The monoisotopic (exact) mass is 296 g/mol. The van der Waals surface area contributed by atoms with Gasteiger partial charge < -0.3 is 0 Å². The van der Waals surface area contributed by atoms with Crippen LogP contribution in [0.4, 0.5) is 0 Å². The molecule has 100 valence electrons. The summed E-state index contributed by atoms with van der Waals surface area (Å²) in [5, 5.41) is 0.433. The summed E-state index contributed by atoms with van der Waals surface area (Å²) in [6.45, 7) is 3.73. The number of hydrogen-bond donors (Lipinski definition) is 0. The molecular formula is C11H20O3S3. The van der Waals surface area contributed by atoms with Crippen LogP contribution >= 0.6 is 23.5 Å². The van der Waals surface area contributed by atoms with Gasteiger partial charge in [-0.05, 0) is 6.42 Å². The molecule has 0 radical (unpaired) electrons. The molecule has 0 aromatic rings. The first-order valence-electron chi connectivity index (χ1n) is 5.92. The molecule has 2 atom stereocenters. The normalized spacial score (nSPS) is 25.8. The van der Waals surface area contributed by atoms with E-state index in [4.69, 9.17) is 0 Å². The molecule has 1 rings (SSSR count). The molecule has 0 aromatic heterocycles. The van der Waals surface area contributed by atoms with Crippen molar-refractivity contribution < 1.29 is 13.2 Å². The van der Waals surface area contributed by atoms with Crippen LogP contribution in [0.1, 0.15) is 26.7 Å². The first-order chi connectivity index (χ1) is 7.96. The van der Waals surface area contributed by atoms with E-state index in [-0.39, 0.29) is 22.5 Å². The number of ketones is 1. The van der Waals surface area contributed by atoms with Gasteiger partial charge in [-0.3, -0.25) is 4.79 Å². The van der Waals surface area contributed by atoms with Crippen molar-refractivity contribution in [3.8, 4) is 0 Å². The molecule has 2 unspecified atom stereocenters. The summed E-state index contributed by atoms with van der Waals surface area (Å²) in [7, 11) is -2.92. The van der Waals surface area contributed by atoms with E-state index in [0.29, 0.717) is 18.1 Å². The Morgan fingerprint density at radius 3 is 2.53 bits per heavy atom. The van der Waals surface area contributed by atoms with Gasteiger partial charge in [0.15, 0.2) is 0 Å². The van der Waals surface area contributed by atoms with E-state index in [1.54, 1.807) is 18.7 Å². The lowest BCUT2D eigenvalue weighted by Gasteiger charge is -2.26. The van der Waals surface area contributed by atoms with E-state index in [2.05, 4.69) is 6.92 Å². The van der Waals surface area contributed by atoms with Gasteiger partial charge in [-0.2, -0.15) is 11.8 Å². The van der Waals surface area contributed by atoms with Crippen LogP contribution < -0.4 is 0 Å². The summed E-state index contributed by atoms with van der Waals surface area (Å²) in [6.07, 6.45) is 0.880. The van der Waals surface area contributed by atoms with Crippen LogP contribution in [0.5, 0.6) is 0 Å². The molecule has 1 heterocycles. The van der Waals surface area contributed by atoms with E-state index in [9.17, 15) is 13.2 Å². The molecule has 0 aliphatic carbocycles. The van der Waals surface area contributed by atoms with Crippen molar-refractivity contribution in [2.45, 2.75) is 37.2 Å². The third kappa shape index (κ3) is 5.22. The van der Waals surface area contributed by atoms with Gasteiger partial charge in [0.1, 0.15) is 15.6 Å². The molecule has 0 bridgehead atoms. The van der Waals surface area contributed by atoms with E-state index < -0.39 is 9.84 Å². The van der Waals surface area contributed by atoms with Crippen LogP contribution in [-0.2, 0) is 14.6 Å². The maximum absolute atomic E-state index is 12.0. The fourth-order valence-corrected chi connectivity index (χ4v) is 5.38. The number of hydrogen-bond acceptors (Lipinski definition) is 5. The summed E-state index contributed by atoms with van der Waals surface area (Å²) >= 11 is 3.56. The van der Waals surface area contributed by atoms with Crippen molar-refractivity contribution in [2.24, 2.45) is 0 Å². The second-order valence-corrected chi connectivity index (χ2v) is 9.38. The van der Waals surface area contributed by atoms with Crippen molar-refractivity contribution in [1.29, 1.82) is 0 Å². The van der Waals surface area contributed by atoms with Gasteiger partial charge in [0, 0.05) is 28.9 Å². The molecule has 1 aliphatic rings. The minimum atomic E-state index is -2.92. The number of sulfone groups is 1. The van der Waals surface area contributed by atoms with Gasteiger partial charge in [-0.25, -0.2) is 8.42 Å². The third-order valence-corrected chi connectivity index (χ3v) is 7.75. The van der Waals surface area contributed by atoms with Crippen LogP contribution in [0.2, 0.25) is 0 Å². The lowest BCUT2D eigenvalue weighted by molar-refractivity contribution is -0.118. The molecule has 1 fully saturated rings. The highest BCUT2D eigenvalue weighted by atomic mass is 32.2. The van der Waals surface area contributed by atoms with Crippen LogP contribution in [0.25, 0.3) is 0 Å². The molecule has 3 nitrogen and oxygen atoms in total. The smallest absolute Gasteiger partial charge is 0.150 e. The molecule has 0 spiro atoms. The lowest BCUT2D eigenvalue weighted by Crippen LogP contribution is -2.31. The minimum absolute atomic E-state index is 0.0677. The summed E-state index contributed by atoms with van der Waals surface area (Å²) in [5.41, 5.74) is 0. The molecule has 0 N–H and O–H groups in total. The number of carbonyl (C=O) groups excluding carboxylic acids is 1. The zero-order valence-corrected chi connectivity index (χ0v) is 12.8. The Morgan fingerprint density at radius 2 is 1.94 bits per heavy atom. The zero-order chi connectivity index (χ0) is 12.9. The Labute approximate surface area is 112 Å². The second kappa shape index (κ2) is 7.04. The highest BCUT2D eigenvalue weighted by Crippen LogP contribution is 2.32. The Hall–Kier alpha value is 0.320. The van der Waals surface area contributed by atoms with Crippen LogP contribution in [0, 0.1) is 0 Å². The molecule has 0 aromatic carbocycles. The summed E-state index contributed by atoms with van der Waals surface area (Å²) in [4.78, 5) is 12.0. The molecule has 1 aliphatic heterocycles. The molecule has 0 amide bonds. The largest absolute Gasteiger partial charge is 0.298 e. The predicted molar refractivity (Wildman–Crippen MR) is 76.7 cm³/mol. The Balaban J connectivity index is 2.34. The second-order valence-electron chi connectivity index (χ2n) is 4.17. The number of carbonyl (C=O) groups is 1. The average Bonchev–Trinajstić information content (AvgIpc) is 2.29. The number of rotatable bonds is 6. The third-order valence-electron chi connectivity index (χ3n) is 2.82. The lowest BCUT2D eigenvalue weighted by atomic mass is 10.1. The van der Waals surface area contributed by atoms with Gasteiger partial charge in [-0.15, -0.1) is 11.8 Å². The van der Waals surface area contributed by atoms with Gasteiger partial charge in [0.2, 0.25) is 0 Å². The maximum atomic E-state index is 12.0. The van der Waals surface area contributed by atoms with Gasteiger partial charge >= 0.3 is 0 Å². The quantitative estimate of drug-likeness (QED) is 0.750. The molecule has 1 saturated heterocycles. The fraction of sp³-hybridized carbons (Fsp3) is 0.909. The fourth-order valence-electron chi connectivity index (χ4n) is 1.74. The maximum Gasteiger partial charge on any atom is 0.150 e. The SMILES string of the molecule is CCS(=O)(=O)CCCC(=O)C1SCCSC1C. The van der Waals surface area contributed by atoms with Crippen molar-refractivity contribution in [3.63, 3.8) is 0 Å². The Bertz CT molecular complexity index is 351. The van der Waals surface area contributed by atoms with E-state index in [1.165, 1.54) is 0 Å². The standard InChI is InChI=1S/C11H20O3S3/c1-3-17(13,14)8-4-5-10(12)11-9(2)15-6-7-16-11/h9,11H,3-8H2,1-2H3. The molecule has 6 heteroatoms. The van der Waals surface area contributed by atoms with E-state index in [0.717, 1.165) is 11.5 Å². The summed E-state index contributed by atoms with van der Waals surface area (Å²) in [5.74, 6) is 2.68. The van der Waals surface area contributed by atoms with Crippen LogP contribution in [-0.4, -0.2) is 47.7 Å². The molecular weight excluding hydrogens is 276 g/mol. The highest BCUT2D eigenvalue weighted by Gasteiger charge is 2.28. The van der Waals surface area contributed by atoms with Crippen molar-refractivity contribution in [1.82, 2.24) is 0 Å². The molecule has 0 saturated carbocycles. The topological polar surface area (TPSA) is 51.2 Å². The number of thioether (sulfide) groups is 2. The zero-order valence-electron chi connectivity index (χ0n) is 10.3. The highest BCUT2D eigenvalue weighted by molar-refractivity contribution is 8.07. The van der Waals surface area contributed by atoms with E-state index >= 15 is 0 Å². The Morgan fingerprint density at radius 1 is 1.29 bits per heavy atom. The first kappa shape index (κ1) is 15.4. The van der Waals surface area contributed by atoms with E-state index in [1.807, 2.05) is 11.8 Å².